The monoisotopic (exact) mass is 247 g/mol. The summed E-state index contributed by atoms with van der Waals surface area (Å²) in [4.78, 5) is 24.3. The first kappa shape index (κ1) is 13.3. The van der Waals surface area contributed by atoms with E-state index in [1.807, 2.05) is 0 Å². The van der Waals surface area contributed by atoms with Crippen molar-refractivity contribution >= 4 is 23.6 Å². The molecule has 6 heteroatoms. The van der Waals surface area contributed by atoms with Gasteiger partial charge < -0.3 is 14.7 Å². The molecule has 0 radical (unpaired) electrons. The Morgan fingerprint density at radius 1 is 1.25 bits per heavy atom. The number of aliphatic carboxylic acids is 1. The highest BCUT2D eigenvalue weighted by Crippen LogP contribution is 2.20. The fourth-order valence-corrected chi connectivity index (χ4v) is 2.46. The molecule has 0 aromatic rings. The molecule has 0 aromatic carbocycles. The number of ether oxygens (including phenoxy) is 1. The number of nitrogens with zero attached hydrogens (tertiary/aromatic N) is 1. The van der Waals surface area contributed by atoms with Crippen molar-refractivity contribution in [3.05, 3.63) is 0 Å². The molecule has 2 unspecified atom stereocenters. The number of amides is 1. The largest absolute Gasteiger partial charge is 0.480 e. The number of rotatable bonds is 4. The van der Waals surface area contributed by atoms with Crippen molar-refractivity contribution in [1.29, 1.82) is 0 Å². The Hall–Kier alpha value is -0.750. The lowest BCUT2D eigenvalue weighted by Gasteiger charge is -2.29. The molecule has 1 saturated heterocycles. The lowest BCUT2D eigenvalue weighted by molar-refractivity contribution is -0.136. The van der Waals surface area contributed by atoms with Crippen LogP contribution in [-0.2, 0) is 14.3 Å². The molecular weight excluding hydrogens is 230 g/mol. The van der Waals surface area contributed by atoms with Crippen LogP contribution in [0.5, 0.6) is 0 Å². The number of hydrogen-bond acceptors (Lipinski definition) is 4. The van der Waals surface area contributed by atoms with Crippen molar-refractivity contribution in [3.8, 4) is 0 Å². The molecule has 92 valence electrons. The van der Waals surface area contributed by atoms with Crippen LogP contribution in [0.1, 0.15) is 13.8 Å². The van der Waals surface area contributed by atoms with E-state index < -0.39 is 11.2 Å². The first-order chi connectivity index (χ1) is 7.52. The molecule has 0 spiro atoms. The zero-order chi connectivity index (χ0) is 12.1. The molecule has 5 nitrogen and oxygen atoms in total. The van der Waals surface area contributed by atoms with Gasteiger partial charge in [0.25, 0.3) is 0 Å². The minimum absolute atomic E-state index is 0.00130. The summed E-state index contributed by atoms with van der Waals surface area (Å²) in [5, 5.41) is 7.89. The third-order valence-electron chi connectivity index (χ3n) is 2.43. The Labute approximate surface area is 99.1 Å². The van der Waals surface area contributed by atoms with Crippen LogP contribution in [0, 0.1) is 0 Å². The maximum Gasteiger partial charge on any atom is 0.316 e. The topological polar surface area (TPSA) is 66.8 Å². The molecule has 1 fully saturated rings. The van der Waals surface area contributed by atoms with E-state index in [0.29, 0.717) is 26.3 Å². The van der Waals surface area contributed by atoms with Gasteiger partial charge in [0.1, 0.15) is 5.25 Å². The van der Waals surface area contributed by atoms with Gasteiger partial charge in [-0.3, -0.25) is 9.59 Å². The van der Waals surface area contributed by atoms with Gasteiger partial charge in [0.2, 0.25) is 5.91 Å². The van der Waals surface area contributed by atoms with E-state index in [0.717, 1.165) is 0 Å². The van der Waals surface area contributed by atoms with Crippen molar-refractivity contribution < 1.29 is 19.4 Å². The number of carboxylic acids is 1. The summed E-state index contributed by atoms with van der Waals surface area (Å²) in [6.45, 7) is 5.68. The van der Waals surface area contributed by atoms with Crippen LogP contribution in [-0.4, -0.2) is 58.7 Å². The van der Waals surface area contributed by atoms with Gasteiger partial charge in [0, 0.05) is 13.1 Å². The van der Waals surface area contributed by atoms with Gasteiger partial charge in [0.05, 0.1) is 18.5 Å². The SMILES string of the molecule is CC(SC(C)C(=O)N1CCOCC1)C(=O)O. The summed E-state index contributed by atoms with van der Waals surface area (Å²) < 4.78 is 5.15. The third-order valence-corrected chi connectivity index (χ3v) is 3.65. The molecule has 0 aromatic heterocycles. The molecule has 1 aliphatic heterocycles. The number of hydrogen-bond donors (Lipinski definition) is 1. The quantitative estimate of drug-likeness (QED) is 0.781. The normalized spacial score (nSPS) is 20.2. The summed E-state index contributed by atoms with van der Waals surface area (Å²) in [6.07, 6.45) is 0. The molecule has 1 amide bonds. The molecule has 1 N–H and O–H groups in total. The van der Waals surface area contributed by atoms with Gasteiger partial charge in [0.15, 0.2) is 0 Å². The summed E-state index contributed by atoms with van der Waals surface area (Å²) in [6, 6.07) is 0. The van der Waals surface area contributed by atoms with Crippen LogP contribution in [0.25, 0.3) is 0 Å². The smallest absolute Gasteiger partial charge is 0.316 e. The second-order valence-corrected chi connectivity index (χ2v) is 5.38. The van der Waals surface area contributed by atoms with Crippen LogP contribution in [0.15, 0.2) is 0 Å². The second-order valence-electron chi connectivity index (χ2n) is 3.70. The summed E-state index contributed by atoms with van der Waals surface area (Å²) in [7, 11) is 0. The fourth-order valence-electron chi connectivity index (χ4n) is 1.46. The lowest BCUT2D eigenvalue weighted by Crippen LogP contribution is -2.44. The highest BCUT2D eigenvalue weighted by molar-refractivity contribution is 8.01. The average molecular weight is 247 g/mol. The molecule has 0 aliphatic carbocycles. The Morgan fingerprint density at radius 3 is 2.31 bits per heavy atom. The minimum atomic E-state index is -0.883. The minimum Gasteiger partial charge on any atom is -0.480 e. The van der Waals surface area contributed by atoms with Crippen LogP contribution < -0.4 is 0 Å². The number of morpholine rings is 1. The molecule has 16 heavy (non-hydrogen) atoms. The molecule has 1 aliphatic rings. The van der Waals surface area contributed by atoms with E-state index in [1.54, 1.807) is 18.7 Å². The zero-order valence-electron chi connectivity index (χ0n) is 9.51. The Balaban J connectivity index is 2.43. The number of thioether (sulfide) groups is 1. The zero-order valence-corrected chi connectivity index (χ0v) is 10.3. The van der Waals surface area contributed by atoms with E-state index in [9.17, 15) is 9.59 Å². The van der Waals surface area contributed by atoms with Crippen LogP contribution >= 0.6 is 11.8 Å². The van der Waals surface area contributed by atoms with E-state index in [2.05, 4.69) is 0 Å². The molecule has 2 atom stereocenters. The third kappa shape index (κ3) is 3.68. The van der Waals surface area contributed by atoms with E-state index in [-0.39, 0.29) is 11.2 Å². The van der Waals surface area contributed by atoms with Crippen molar-refractivity contribution in [3.63, 3.8) is 0 Å². The van der Waals surface area contributed by atoms with Crippen molar-refractivity contribution in [2.45, 2.75) is 24.3 Å². The molecule has 1 heterocycles. The van der Waals surface area contributed by atoms with E-state index >= 15 is 0 Å². The van der Waals surface area contributed by atoms with Gasteiger partial charge >= 0.3 is 5.97 Å². The van der Waals surface area contributed by atoms with Crippen molar-refractivity contribution in [1.82, 2.24) is 4.90 Å². The van der Waals surface area contributed by atoms with Gasteiger partial charge in [-0.15, -0.1) is 11.8 Å². The summed E-state index contributed by atoms with van der Waals surface area (Å²) >= 11 is 1.18. The average Bonchev–Trinajstić information content (AvgIpc) is 2.28. The Bertz CT molecular complexity index is 266. The predicted octanol–water partition coefficient (Wildman–Crippen LogP) is 0.440. The number of carbonyl (C=O) groups excluding carboxylic acids is 1. The number of carboxylic acid groups (broad SMARTS) is 1. The highest BCUT2D eigenvalue weighted by atomic mass is 32.2. The first-order valence-corrected chi connectivity index (χ1v) is 6.21. The van der Waals surface area contributed by atoms with E-state index in [1.165, 1.54) is 11.8 Å². The van der Waals surface area contributed by atoms with Crippen LogP contribution in [0.3, 0.4) is 0 Å². The number of carbonyl (C=O) groups is 2. The van der Waals surface area contributed by atoms with Gasteiger partial charge in [-0.25, -0.2) is 0 Å². The maximum atomic E-state index is 11.9. The Kier molecular flexibility index (Phi) is 5.08. The van der Waals surface area contributed by atoms with Gasteiger partial charge in [-0.1, -0.05) is 0 Å². The van der Waals surface area contributed by atoms with Crippen molar-refractivity contribution in [2.24, 2.45) is 0 Å². The van der Waals surface area contributed by atoms with Crippen LogP contribution in [0.2, 0.25) is 0 Å². The van der Waals surface area contributed by atoms with Crippen LogP contribution in [0.4, 0.5) is 0 Å². The maximum absolute atomic E-state index is 11.9. The Morgan fingerprint density at radius 2 is 1.81 bits per heavy atom. The van der Waals surface area contributed by atoms with Crippen molar-refractivity contribution in [2.75, 3.05) is 26.3 Å². The van der Waals surface area contributed by atoms with Gasteiger partial charge in [-0.05, 0) is 13.8 Å². The summed E-state index contributed by atoms with van der Waals surface area (Å²) in [5.41, 5.74) is 0. The standard InChI is InChI=1S/C10H17NO4S/c1-7(16-8(2)10(13)14)9(12)11-3-5-15-6-4-11/h7-8H,3-6H2,1-2H3,(H,13,14). The predicted molar refractivity (Wildman–Crippen MR) is 61.5 cm³/mol. The lowest BCUT2D eigenvalue weighted by atomic mass is 10.3. The fraction of sp³-hybridized carbons (Fsp3) is 0.800. The molecular formula is C10H17NO4S. The summed E-state index contributed by atoms with van der Waals surface area (Å²) in [5.74, 6) is -0.881. The molecule has 0 bridgehead atoms. The highest BCUT2D eigenvalue weighted by Gasteiger charge is 2.26. The molecule has 1 rings (SSSR count). The van der Waals surface area contributed by atoms with E-state index in [4.69, 9.17) is 9.84 Å². The second kappa shape index (κ2) is 6.10. The molecule has 0 saturated carbocycles. The first-order valence-electron chi connectivity index (χ1n) is 5.27. The van der Waals surface area contributed by atoms with Gasteiger partial charge in [-0.2, -0.15) is 0 Å².